The number of aliphatic hydroxyl groups is 1. The monoisotopic (exact) mass is 478 g/mol. The molecule has 26 heavy (non-hydrogen) atoms. The van der Waals surface area contributed by atoms with Gasteiger partial charge in [0.05, 0.1) is 0 Å². The molecule has 0 saturated heterocycles. The van der Waals surface area contributed by atoms with Crippen LogP contribution in [0.5, 0.6) is 0 Å². The fraction of sp³-hybridized carbons (Fsp3) is 0.409. The maximum absolute atomic E-state index is 13.4. The van der Waals surface area contributed by atoms with E-state index in [-0.39, 0.29) is 5.78 Å². The molecule has 2 aromatic rings. The Hall–Kier alpha value is -0.970. The molecule has 2 nitrogen and oxygen atoms in total. The minimum absolute atomic E-state index is 0.186. The van der Waals surface area contributed by atoms with E-state index < -0.39 is 5.60 Å². The zero-order valence-corrected chi connectivity index (χ0v) is 18.4. The van der Waals surface area contributed by atoms with E-state index in [4.69, 9.17) is 0 Å². The quantitative estimate of drug-likeness (QED) is 0.490. The average molecular weight is 480 g/mol. The van der Waals surface area contributed by atoms with Gasteiger partial charge >= 0.3 is 0 Å². The Morgan fingerprint density at radius 1 is 1.00 bits per heavy atom. The largest absolute Gasteiger partial charge is 0.377 e. The lowest BCUT2D eigenvalue weighted by atomic mass is 9.70. The van der Waals surface area contributed by atoms with Gasteiger partial charge in [0.2, 0.25) is 0 Å². The van der Waals surface area contributed by atoms with Crippen LogP contribution in [-0.2, 0) is 5.60 Å². The summed E-state index contributed by atoms with van der Waals surface area (Å²) in [6.45, 7) is 4.32. The van der Waals surface area contributed by atoms with Crippen LogP contribution in [0.1, 0.15) is 61.9 Å². The molecule has 0 bridgehead atoms. The van der Waals surface area contributed by atoms with Gasteiger partial charge in [0.1, 0.15) is 0 Å². The summed E-state index contributed by atoms with van der Waals surface area (Å²) in [6, 6.07) is 11.6. The molecule has 0 amide bonds. The van der Waals surface area contributed by atoms with E-state index in [1.165, 1.54) is 0 Å². The van der Waals surface area contributed by atoms with Gasteiger partial charge in [-0.15, -0.1) is 0 Å². The van der Waals surface area contributed by atoms with Gasteiger partial charge in [-0.25, -0.2) is 0 Å². The van der Waals surface area contributed by atoms with Gasteiger partial charge in [-0.05, 0) is 47.7 Å². The molecule has 0 spiro atoms. The normalized spacial score (nSPS) is 19.8. The van der Waals surface area contributed by atoms with Crippen LogP contribution < -0.4 is 0 Å². The van der Waals surface area contributed by atoms with Gasteiger partial charge < -0.3 is 5.11 Å². The van der Waals surface area contributed by atoms with Gasteiger partial charge in [-0.2, -0.15) is 0 Å². The highest BCUT2D eigenvalue weighted by Crippen LogP contribution is 2.47. The van der Waals surface area contributed by atoms with E-state index >= 15 is 0 Å². The van der Waals surface area contributed by atoms with Crippen LogP contribution >= 0.6 is 31.9 Å². The fourth-order valence-electron chi connectivity index (χ4n) is 3.94. The van der Waals surface area contributed by atoms with Crippen molar-refractivity contribution in [1.82, 2.24) is 0 Å². The van der Waals surface area contributed by atoms with Crippen molar-refractivity contribution in [3.05, 3.63) is 56.5 Å². The number of hydrogen-bond donors (Lipinski definition) is 1. The zero-order chi connectivity index (χ0) is 18.9. The summed E-state index contributed by atoms with van der Waals surface area (Å²) >= 11 is 6.97. The molecule has 3 rings (SSSR count). The molecule has 2 unspecified atom stereocenters. The van der Waals surface area contributed by atoms with E-state index in [1.807, 2.05) is 36.4 Å². The molecule has 1 aliphatic rings. The first-order valence-electron chi connectivity index (χ1n) is 9.27. The third-order valence-electron chi connectivity index (χ3n) is 5.45. The first kappa shape index (κ1) is 19.8. The maximum Gasteiger partial charge on any atom is 0.199 e. The zero-order valence-electron chi connectivity index (χ0n) is 15.2. The molecular weight excluding hydrogens is 456 g/mol. The maximum atomic E-state index is 13.4. The van der Waals surface area contributed by atoms with Crippen molar-refractivity contribution in [2.75, 3.05) is 0 Å². The molecule has 1 aliphatic carbocycles. The number of hydrogen-bond acceptors (Lipinski definition) is 2. The van der Waals surface area contributed by atoms with Crippen LogP contribution in [0.4, 0.5) is 0 Å². The summed E-state index contributed by atoms with van der Waals surface area (Å²) < 4.78 is 1.73. The summed E-state index contributed by atoms with van der Waals surface area (Å²) in [5.41, 5.74) is 1.69. The topological polar surface area (TPSA) is 37.3 Å². The fourth-order valence-corrected chi connectivity index (χ4v) is 4.66. The third kappa shape index (κ3) is 3.56. The highest BCUT2D eigenvalue weighted by molar-refractivity contribution is 9.10. The number of Topliss-reactive ketones (excluding diaryl/α,β-unsaturated/α-hetero) is 1. The van der Waals surface area contributed by atoms with Crippen LogP contribution in [0.25, 0.3) is 11.1 Å². The molecule has 0 saturated carbocycles. The van der Waals surface area contributed by atoms with Crippen molar-refractivity contribution in [3.8, 4) is 11.1 Å². The second kappa shape index (κ2) is 7.95. The number of carbonyl (C=O) groups excluding carboxylic acids is 1. The predicted octanol–water partition coefficient (Wildman–Crippen LogP) is 6.87. The Balaban J connectivity index is 2.13. The number of fused-ring (bicyclic) bond motifs is 3. The standard InChI is InChI=1S/C22H24Br2O2/c1-3-5-6-14(4-2)13-22(26)20-12-16(24)8-10-18(20)17-9-7-15(23)11-19(17)21(22)25/h7-12,14,26H,3-6,13H2,1-2H3. The van der Waals surface area contributed by atoms with Crippen molar-refractivity contribution in [2.45, 2.75) is 51.6 Å². The molecule has 0 fully saturated rings. The Bertz CT molecular complexity index is 831. The first-order valence-corrected chi connectivity index (χ1v) is 10.9. The minimum atomic E-state index is -1.47. The molecule has 4 heteroatoms. The van der Waals surface area contributed by atoms with Gasteiger partial charge in [0.15, 0.2) is 11.4 Å². The van der Waals surface area contributed by atoms with Gasteiger partial charge in [0, 0.05) is 20.1 Å². The van der Waals surface area contributed by atoms with E-state index in [2.05, 4.69) is 45.7 Å². The Labute approximate surface area is 172 Å². The van der Waals surface area contributed by atoms with Gasteiger partial charge in [-0.1, -0.05) is 83.5 Å². The molecule has 0 heterocycles. The van der Waals surface area contributed by atoms with E-state index in [0.717, 1.165) is 51.3 Å². The van der Waals surface area contributed by atoms with E-state index in [9.17, 15) is 9.90 Å². The molecule has 2 atom stereocenters. The van der Waals surface area contributed by atoms with E-state index in [1.54, 1.807) is 0 Å². The Morgan fingerprint density at radius 3 is 2.31 bits per heavy atom. The lowest BCUT2D eigenvalue weighted by molar-refractivity contribution is 0.0139. The van der Waals surface area contributed by atoms with Crippen LogP contribution in [-0.4, -0.2) is 10.9 Å². The lowest BCUT2D eigenvalue weighted by Crippen LogP contribution is -2.41. The Morgan fingerprint density at radius 2 is 1.65 bits per heavy atom. The van der Waals surface area contributed by atoms with Crippen molar-refractivity contribution >= 4 is 37.6 Å². The molecule has 0 radical (unpaired) electrons. The average Bonchev–Trinajstić information content (AvgIpc) is 2.63. The highest BCUT2D eigenvalue weighted by Gasteiger charge is 2.45. The molecular formula is C22H24Br2O2. The molecule has 138 valence electrons. The van der Waals surface area contributed by atoms with Crippen molar-refractivity contribution in [1.29, 1.82) is 0 Å². The number of ketones is 1. The smallest absolute Gasteiger partial charge is 0.199 e. The summed E-state index contributed by atoms with van der Waals surface area (Å²) in [6.07, 6.45) is 4.72. The first-order chi connectivity index (χ1) is 12.4. The number of benzene rings is 2. The summed E-state index contributed by atoms with van der Waals surface area (Å²) in [5, 5.41) is 11.7. The summed E-state index contributed by atoms with van der Waals surface area (Å²) in [5.74, 6) is 0.138. The summed E-state index contributed by atoms with van der Waals surface area (Å²) in [4.78, 5) is 13.4. The SMILES string of the molecule is CCCCC(CC)CC1(O)C(=O)c2cc(Br)ccc2-c2ccc(Br)cc21. The van der Waals surface area contributed by atoms with E-state index in [0.29, 0.717) is 17.9 Å². The highest BCUT2D eigenvalue weighted by atomic mass is 79.9. The number of rotatable bonds is 6. The number of unbranched alkanes of at least 4 members (excludes halogenated alkanes) is 1. The third-order valence-corrected chi connectivity index (χ3v) is 6.43. The molecule has 1 N–H and O–H groups in total. The van der Waals surface area contributed by atoms with Crippen molar-refractivity contribution in [2.24, 2.45) is 5.92 Å². The van der Waals surface area contributed by atoms with Crippen LogP contribution in [0.3, 0.4) is 0 Å². The number of carbonyl (C=O) groups is 1. The van der Waals surface area contributed by atoms with Gasteiger partial charge in [-0.3, -0.25) is 4.79 Å². The summed E-state index contributed by atoms with van der Waals surface area (Å²) in [7, 11) is 0. The second-order valence-corrected chi connectivity index (χ2v) is 9.02. The van der Waals surface area contributed by atoms with Crippen LogP contribution in [0.15, 0.2) is 45.3 Å². The lowest BCUT2D eigenvalue weighted by Gasteiger charge is -2.37. The van der Waals surface area contributed by atoms with Crippen molar-refractivity contribution in [3.63, 3.8) is 0 Å². The Kier molecular flexibility index (Phi) is 6.05. The number of halogens is 2. The molecule has 0 aliphatic heterocycles. The van der Waals surface area contributed by atoms with Crippen molar-refractivity contribution < 1.29 is 9.90 Å². The van der Waals surface area contributed by atoms with Gasteiger partial charge in [0.25, 0.3) is 0 Å². The van der Waals surface area contributed by atoms with Crippen LogP contribution in [0, 0.1) is 5.92 Å². The second-order valence-electron chi connectivity index (χ2n) is 7.19. The predicted molar refractivity (Wildman–Crippen MR) is 113 cm³/mol. The molecule has 2 aromatic carbocycles. The minimum Gasteiger partial charge on any atom is -0.377 e. The van der Waals surface area contributed by atoms with Crippen LogP contribution in [0.2, 0.25) is 0 Å². The molecule has 0 aromatic heterocycles.